The predicted molar refractivity (Wildman–Crippen MR) is 113 cm³/mol. The number of benzene rings is 1. The van der Waals surface area contributed by atoms with Crippen LogP contribution in [0.25, 0.3) is 0 Å². The molecule has 0 spiro atoms. The Morgan fingerprint density at radius 3 is 2.76 bits per heavy atom. The summed E-state index contributed by atoms with van der Waals surface area (Å²) in [6.07, 6.45) is 7.75. The first kappa shape index (κ1) is 20.1. The van der Waals surface area contributed by atoms with E-state index in [-0.39, 0.29) is 12.0 Å². The maximum atomic E-state index is 13.0. The highest BCUT2D eigenvalue weighted by molar-refractivity contribution is 5.92. The Kier molecular flexibility index (Phi) is 6.62. The highest BCUT2D eigenvalue weighted by Gasteiger charge is 2.28. The molecule has 1 atom stereocenters. The highest BCUT2D eigenvalue weighted by atomic mass is 16.5. The van der Waals surface area contributed by atoms with E-state index in [1.165, 1.54) is 11.1 Å². The lowest BCUT2D eigenvalue weighted by Crippen LogP contribution is -2.43. The fourth-order valence-corrected chi connectivity index (χ4v) is 4.48. The van der Waals surface area contributed by atoms with Crippen molar-refractivity contribution in [1.29, 1.82) is 0 Å². The van der Waals surface area contributed by atoms with Gasteiger partial charge in [0.25, 0.3) is 5.91 Å². The van der Waals surface area contributed by atoms with Crippen molar-refractivity contribution in [3.05, 3.63) is 53.6 Å². The summed E-state index contributed by atoms with van der Waals surface area (Å²) in [6.45, 7) is 7.68. The number of aromatic amines is 1. The summed E-state index contributed by atoms with van der Waals surface area (Å²) in [5.41, 5.74) is 3.35. The lowest BCUT2D eigenvalue weighted by atomic mass is 9.95. The van der Waals surface area contributed by atoms with Crippen LogP contribution in [-0.2, 0) is 11.3 Å². The molecule has 2 saturated heterocycles. The molecule has 6 heteroatoms. The number of ether oxygens (including phenoxy) is 1. The van der Waals surface area contributed by atoms with Crippen LogP contribution in [0.4, 0.5) is 0 Å². The minimum atomic E-state index is 0.0420. The van der Waals surface area contributed by atoms with Crippen molar-refractivity contribution in [3.63, 3.8) is 0 Å². The topological polar surface area (TPSA) is 61.5 Å². The van der Waals surface area contributed by atoms with Crippen LogP contribution in [-0.4, -0.2) is 64.6 Å². The second kappa shape index (κ2) is 9.55. The third-order valence-electron chi connectivity index (χ3n) is 6.30. The van der Waals surface area contributed by atoms with E-state index in [9.17, 15) is 4.79 Å². The molecule has 2 fully saturated rings. The first-order valence-electron chi connectivity index (χ1n) is 10.8. The van der Waals surface area contributed by atoms with E-state index in [4.69, 9.17) is 4.74 Å². The minimum absolute atomic E-state index is 0.0420. The van der Waals surface area contributed by atoms with Gasteiger partial charge < -0.3 is 14.6 Å². The van der Waals surface area contributed by atoms with Crippen LogP contribution >= 0.6 is 0 Å². The molecule has 6 nitrogen and oxygen atoms in total. The standard InChI is InChI=1S/C23H32N4O2/c1-18-5-2-3-6-20(18)15-26-10-8-19(9-11-26)14-27(16-21-7-4-12-29-21)23(28)22-13-24-17-25-22/h2-3,5-6,13,17,19,21H,4,7-12,14-16H2,1H3,(H,24,25)/t21-/m1/s1. The molecule has 0 bridgehead atoms. The van der Waals surface area contributed by atoms with Crippen molar-refractivity contribution in [2.45, 2.75) is 45.3 Å². The summed E-state index contributed by atoms with van der Waals surface area (Å²) < 4.78 is 5.81. The molecule has 2 aliphatic rings. The number of H-pyrrole nitrogens is 1. The number of piperidine rings is 1. The number of carbonyl (C=O) groups is 1. The molecule has 4 rings (SSSR count). The maximum absolute atomic E-state index is 13.0. The minimum Gasteiger partial charge on any atom is -0.376 e. The Bertz CT molecular complexity index is 778. The van der Waals surface area contributed by atoms with Crippen LogP contribution in [0.3, 0.4) is 0 Å². The predicted octanol–water partition coefficient (Wildman–Crippen LogP) is 3.25. The van der Waals surface area contributed by atoms with Crippen molar-refractivity contribution in [3.8, 4) is 0 Å². The van der Waals surface area contributed by atoms with E-state index >= 15 is 0 Å². The van der Waals surface area contributed by atoms with Gasteiger partial charge in [0.2, 0.25) is 0 Å². The van der Waals surface area contributed by atoms with Crippen LogP contribution in [0.15, 0.2) is 36.8 Å². The lowest BCUT2D eigenvalue weighted by molar-refractivity contribution is 0.0441. The van der Waals surface area contributed by atoms with E-state index in [0.717, 1.165) is 58.5 Å². The fourth-order valence-electron chi connectivity index (χ4n) is 4.48. The Balaban J connectivity index is 1.33. The number of imidazole rings is 1. The van der Waals surface area contributed by atoms with Crippen LogP contribution in [0.1, 0.15) is 47.3 Å². The first-order valence-corrected chi connectivity index (χ1v) is 10.8. The number of amides is 1. The van der Waals surface area contributed by atoms with Crippen molar-refractivity contribution < 1.29 is 9.53 Å². The fraction of sp³-hybridized carbons (Fsp3) is 0.565. The summed E-state index contributed by atoms with van der Waals surface area (Å²) in [7, 11) is 0. The molecule has 1 aromatic carbocycles. The molecule has 3 heterocycles. The SMILES string of the molecule is Cc1ccccc1CN1CCC(CN(C[C@H]2CCCO2)C(=O)c2cnc[nH]2)CC1. The van der Waals surface area contributed by atoms with Gasteiger partial charge in [0.15, 0.2) is 0 Å². The van der Waals surface area contributed by atoms with Crippen LogP contribution < -0.4 is 0 Å². The first-order chi connectivity index (χ1) is 14.2. The average Bonchev–Trinajstić information content (AvgIpc) is 3.44. The van der Waals surface area contributed by atoms with Crippen LogP contribution in [0, 0.1) is 12.8 Å². The number of likely N-dealkylation sites (tertiary alicyclic amines) is 1. The van der Waals surface area contributed by atoms with Gasteiger partial charge in [0.1, 0.15) is 5.69 Å². The Morgan fingerprint density at radius 2 is 2.07 bits per heavy atom. The maximum Gasteiger partial charge on any atom is 0.272 e. The summed E-state index contributed by atoms with van der Waals surface area (Å²) in [6, 6.07) is 8.64. The van der Waals surface area contributed by atoms with Crippen molar-refractivity contribution in [2.75, 3.05) is 32.8 Å². The van der Waals surface area contributed by atoms with Gasteiger partial charge in [-0.2, -0.15) is 0 Å². The third kappa shape index (κ3) is 5.25. The van der Waals surface area contributed by atoms with E-state index < -0.39 is 0 Å². The molecule has 2 aliphatic heterocycles. The van der Waals surface area contributed by atoms with E-state index in [1.807, 2.05) is 4.90 Å². The lowest BCUT2D eigenvalue weighted by Gasteiger charge is -2.35. The smallest absolute Gasteiger partial charge is 0.272 e. The van der Waals surface area contributed by atoms with Gasteiger partial charge in [0.05, 0.1) is 18.6 Å². The quantitative estimate of drug-likeness (QED) is 0.780. The van der Waals surface area contributed by atoms with Crippen molar-refractivity contribution >= 4 is 5.91 Å². The monoisotopic (exact) mass is 396 g/mol. The van der Waals surface area contributed by atoms with Gasteiger partial charge in [-0.1, -0.05) is 24.3 Å². The Labute approximate surface area is 173 Å². The number of carbonyl (C=O) groups excluding carboxylic acids is 1. The molecule has 1 amide bonds. The molecule has 0 unspecified atom stereocenters. The molecule has 2 aromatic rings. The second-order valence-corrected chi connectivity index (χ2v) is 8.46. The number of rotatable bonds is 7. The van der Waals surface area contributed by atoms with Crippen LogP contribution in [0.2, 0.25) is 0 Å². The summed E-state index contributed by atoms with van der Waals surface area (Å²) >= 11 is 0. The number of hydrogen-bond donors (Lipinski definition) is 1. The number of nitrogens with zero attached hydrogens (tertiary/aromatic N) is 3. The number of aryl methyl sites for hydroxylation is 1. The average molecular weight is 397 g/mol. The normalized spacial score (nSPS) is 20.8. The molecule has 1 N–H and O–H groups in total. The third-order valence-corrected chi connectivity index (χ3v) is 6.30. The molecule has 0 radical (unpaired) electrons. The Morgan fingerprint density at radius 1 is 1.24 bits per heavy atom. The van der Waals surface area contributed by atoms with Gasteiger partial charge >= 0.3 is 0 Å². The molecular weight excluding hydrogens is 364 g/mol. The largest absolute Gasteiger partial charge is 0.376 e. The summed E-state index contributed by atoms with van der Waals surface area (Å²) in [4.78, 5) is 24.5. The number of hydrogen-bond acceptors (Lipinski definition) is 4. The van der Waals surface area contributed by atoms with E-state index in [2.05, 4.69) is 46.1 Å². The van der Waals surface area contributed by atoms with E-state index in [1.54, 1.807) is 12.5 Å². The molecular formula is C23H32N4O2. The van der Waals surface area contributed by atoms with Gasteiger partial charge in [0, 0.05) is 26.2 Å². The molecule has 0 aliphatic carbocycles. The summed E-state index contributed by atoms with van der Waals surface area (Å²) in [5.74, 6) is 0.580. The molecule has 29 heavy (non-hydrogen) atoms. The molecule has 156 valence electrons. The number of aromatic nitrogens is 2. The van der Waals surface area contributed by atoms with Gasteiger partial charge in [-0.15, -0.1) is 0 Å². The molecule has 1 aromatic heterocycles. The zero-order valence-corrected chi connectivity index (χ0v) is 17.3. The highest BCUT2D eigenvalue weighted by Crippen LogP contribution is 2.23. The Hall–Kier alpha value is -2.18. The van der Waals surface area contributed by atoms with Gasteiger partial charge in [-0.05, 0) is 62.7 Å². The van der Waals surface area contributed by atoms with Gasteiger partial charge in [-0.25, -0.2) is 4.98 Å². The zero-order valence-electron chi connectivity index (χ0n) is 17.3. The van der Waals surface area contributed by atoms with Crippen molar-refractivity contribution in [2.24, 2.45) is 5.92 Å². The zero-order chi connectivity index (χ0) is 20.1. The molecule has 0 saturated carbocycles. The van der Waals surface area contributed by atoms with Crippen molar-refractivity contribution in [1.82, 2.24) is 19.8 Å². The van der Waals surface area contributed by atoms with E-state index in [0.29, 0.717) is 18.2 Å². The summed E-state index contributed by atoms with van der Waals surface area (Å²) in [5, 5.41) is 0. The second-order valence-electron chi connectivity index (χ2n) is 8.46. The number of nitrogens with one attached hydrogen (secondary N) is 1. The van der Waals surface area contributed by atoms with Crippen LogP contribution in [0.5, 0.6) is 0 Å². The van der Waals surface area contributed by atoms with Gasteiger partial charge in [-0.3, -0.25) is 9.69 Å².